The van der Waals surface area contributed by atoms with Gasteiger partial charge >= 0.3 is 0 Å². The first-order valence-corrected chi connectivity index (χ1v) is 6.31. The van der Waals surface area contributed by atoms with Crippen LogP contribution in [-0.2, 0) is 6.54 Å². The lowest BCUT2D eigenvalue weighted by Crippen LogP contribution is -2.34. The van der Waals surface area contributed by atoms with Gasteiger partial charge < -0.3 is 5.32 Å². The molecule has 17 heavy (non-hydrogen) atoms. The summed E-state index contributed by atoms with van der Waals surface area (Å²) in [5.74, 6) is -0.0579. The molecule has 0 bridgehead atoms. The number of alkyl halides is 1. The van der Waals surface area contributed by atoms with E-state index in [9.17, 15) is 8.78 Å². The second kappa shape index (κ2) is 6.92. The summed E-state index contributed by atoms with van der Waals surface area (Å²) in [5.41, 5.74) is 0.478. The lowest BCUT2D eigenvalue weighted by molar-refractivity contribution is 0.385. The number of rotatable bonds is 6. The molecule has 0 fully saturated rings. The fourth-order valence-electron chi connectivity index (χ4n) is 1.69. The van der Waals surface area contributed by atoms with Gasteiger partial charge in [-0.2, -0.15) is 0 Å². The first-order valence-electron chi connectivity index (χ1n) is 5.78. The molecule has 1 rings (SSSR count). The maximum absolute atomic E-state index is 13.4. The van der Waals surface area contributed by atoms with Crippen LogP contribution in [0.15, 0.2) is 18.2 Å². The Morgan fingerprint density at radius 3 is 2.53 bits per heavy atom. The molecule has 0 aromatic heterocycles. The van der Waals surface area contributed by atoms with E-state index in [2.05, 4.69) is 19.2 Å². The van der Waals surface area contributed by atoms with Crippen LogP contribution >= 0.6 is 11.6 Å². The van der Waals surface area contributed by atoms with E-state index in [1.807, 2.05) is 0 Å². The summed E-state index contributed by atoms with van der Waals surface area (Å²) in [7, 11) is 0. The Morgan fingerprint density at radius 1 is 1.29 bits per heavy atom. The molecule has 1 atom stereocenters. The third kappa shape index (κ3) is 4.60. The van der Waals surface area contributed by atoms with E-state index in [1.165, 1.54) is 12.1 Å². The van der Waals surface area contributed by atoms with Crippen LogP contribution in [0.25, 0.3) is 0 Å². The molecule has 1 aromatic rings. The van der Waals surface area contributed by atoms with E-state index in [0.29, 0.717) is 23.9 Å². The summed E-state index contributed by atoms with van der Waals surface area (Å²) in [4.78, 5) is 0. The van der Waals surface area contributed by atoms with Gasteiger partial charge in [-0.3, -0.25) is 0 Å². The van der Waals surface area contributed by atoms with E-state index >= 15 is 0 Å². The smallest absolute Gasteiger partial charge is 0.130 e. The molecular formula is C13H18ClF2N. The number of hydrogen-bond donors (Lipinski definition) is 1. The third-order valence-corrected chi connectivity index (χ3v) is 3.01. The fourth-order valence-corrected chi connectivity index (χ4v) is 1.93. The van der Waals surface area contributed by atoms with Crippen molar-refractivity contribution < 1.29 is 8.78 Å². The van der Waals surface area contributed by atoms with Crippen molar-refractivity contribution in [3.8, 4) is 0 Å². The van der Waals surface area contributed by atoms with Crippen LogP contribution in [0.5, 0.6) is 0 Å². The number of hydrogen-bond acceptors (Lipinski definition) is 1. The maximum Gasteiger partial charge on any atom is 0.130 e. The first-order chi connectivity index (χ1) is 8.04. The zero-order valence-electron chi connectivity index (χ0n) is 10.1. The van der Waals surface area contributed by atoms with Crippen molar-refractivity contribution in [1.29, 1.82) is 0 Å². The molecule has 0 saturated carbocycles. The largest absolute Gasteiger partial charge is 0.310 e. The van der Waals surface area contributed by atoms with E-state index in [1.54, 1.807) is 0 Å². The Bertz CT molecular complexity index is 355. The average molecular weight is 262 g/mol. The van der Waals surface area contributed by atoms with Crippen LogP contribution in [0.4, 0.5) is 8.78 Å². The molecule has 0 amide bonds. The van der Waals surface area contributed by atoms with Gasteiger partial charge in [-0.15, -0.1) is 11.6 Å². The van der Waals surface area contributed by atoms with Crippen LogP contribution in [0, 0.1) is 17.6 Å². The minimum atomic E-state index is -0.549. The zero-order valence-corrected chi connectivity index (χ0v) is 10.9. The molecule has 96 valence electrons. The standard InChI is InChI=1S/C13H18ClF2N/c1-9(2)13(5-6-14)17-8-10-3-4-11(15)7-12(10)16/h3-4,7,9,13,17H,5-6,8H2,1-2H3. The second-order valence-electron chi connectivity index (χ2n) is 4.44. The van der Waals surface area contributed by atoms with Gasteiger partial charge in [0.15, 0.2) is 0 Å². The van der Waals surface area contributed by atoms with Crippen molar-refractivity contribution in [2.45, 2.75) is 32.9 Å². The normalized spacial score (nSPS) is 13.1. The number of nitrogens with one attached hydrogen (secondary N) is 1. The minimum absolute atomic E-state index is 0.247. The first kappa shape index (κ1) is 14.4. The molecule has 0 heterocycles. The summed E-state index contributed by atoms with van der Waals surface area (Å²) in [5, 5.41) is 3.25. The van der Waals surface area contributed by atoms with E-state index in [0.717, 1.165) is 12.5 Å². The van der Waals surface area contributed by atoms with Crippen molar-refractivity contribution in [3.63, 3.8) is 0 Å². The molecule has 0 saturated heterocycles. The second-order valence-corrected chi connectivity index (χ2v) is 4.82. The van der Waals surface area contributed by atoms with Crippen molar-refractivity contribution in [2.24, 2.45) is 5.92 Å². The summed E-state index contributed by atoms with van der Waals surface area (Å²) < 4.78 is 26.1. The van der Waals surface area contributed by atoms with Crippen molar-refractivity contribution in [3.05, 3.63) is 35.4 Å². The predicted molar refractivity (Wildman–Crippen MR) is 67.2 cm³/mol. The molecule has 0 aliphatic heterocycles. The van der Waals surface area contributed by atoms with Crippen molar-refractivity contribution in [1.82, 2.24) is 5.32 Å². The van der Waals surface area contributed by atoms with Gasteiger partial charge in [-0.1, -0.05) is 19.9 Å². The third-order valence-electron chi connectivity index (χ3n) is 2.79. The Labute approximate surface area is 106 Å². The van der Waals surface area contributed by atoms with Gasteiger partial charge in [0.05, 0.1) is 0 Å². The van der Waals surface area contributed by atoms with Crippen molar-refractivity contribution in [2.75, 3.05) is 5.88 Å². The Balaban J connectivity index is 2.59. The van der Waals surface area contributed by atoms with Gasteiger partial charge in [0.2, 0.25) is 0 Å². The monoisotopic (exact) mass is 261 g/mol. The summed E-state index contributed by atoms with van der Waals surface area (Å²) in [6, 6.07) is 3.89. The van der Waals surface area contributed by atoms with Gasteiger partial charge in [0.1, 0.15) is 11.6 Å². The summed E-state index contributed by atoms with van der Waals surface area (Å²) >= 11 is 5.71. The summed E-state index contributed by atoms with van der Waals surface area (Å²) in [6.07, 6.45) is 0.835. The summed E-state index contributed by atoms with van der Waals surface area (Å²) in [6.45, 7) is 4.57. The highest BCUT2D eigenvalue weighted by Gasteiger charge is 2.13. The molecule has 4 heteroatoms. The van der Waals surface area contributed by atoms with Gasteiger partial charge in [0.25, 0.3) is 0 Å². The molecule has 1 nitrogen and oxygen atoms in total. The van der Waals surface area contributed by atoms with Crippen LogP contribution in [-0.4, -0.2) is 11.9 Å². The molecular weight excluding hydrogens is 244 g/mol. The molecule has 0 spiro atoms. The quantitative estimate of drug-likeness (QED) is 0.770. The van der Waals surface area contributed by atoms with Crippen LogP contribution in [0.2, 0.25) is 0 Å². The lowest BCUT2D eigenvalue weighted by atomic mass is 10.0. The highest BCUT2D eigenvalue weighted by Crippen LogP contribution is 2.12. The zero-order chi connectivity index (χ0) is 12.8. The van der Waals surface area contributed by atoms with Gasteiger partial charge in [-0.25, -0.2) is 8.78 Å². The Morgan fingerprint density at radius 2 is 2.00 bits per heavy atom. The lowest BCUT2D eigenvalue weighted by Gasteiger charge is -2.21. The molecule has 1 aromatic carbocycles. The maximum atomic E-state index is 13.4. The topological polar surface area (TPSA) is 12.0 Å². The molecule has 0 aliphatic rings. The van der Waals surface area contributed by atoms with Crippen LogP contribution in [0.3, 0.4) is 0 Å². The Hall–Kier alpha value is -0.670. The average Bonchev–Trinajstić information content (AvgIpc) is 2.25. The SMILES string of the molecule is CC(C)C(CCCl)NCc1ccc(F)cc1F. The predicted octanol–water partition coefficient (Wildman–Crippen LogP) is 3.71. The molecule has 1 N–H and O–H groups in total. The highest BCUT2D eigenvalue weighted by atomic mass is 35.5. The van der Waals surface area contributed by atoms with Gasteiger partial charge in [-0.05, 0) is 18.4 Å². The van der Waals surface area contributed by atoms with Crippen molar-refractivity contribution >= 4 is 11.6 Å². The molecule has 0 radical (unpaired) electrons. The van der Waals surface area contributed by atoms with Gasteiger partial charge in [0, 0.05) is 30.1 Å². The van der Waals surface area contributed by atoms with Crippen LogP contribution < -0.4 is 5.32 Å². The van der Waals surface area contributed by atoms with E-state index in [4.69, 9.17) is 11.6 Å². The Kier molecular flexibility index (Phi) is 5.86. The van der Waals surface area contributed by atoms with E-state index < -0.39 is 11.6 Å². The molecule has 1 unspecified atom stereocenters. The molecule has 0 aliphatic carbocycles. The van der Waals surface area contributed by atoms with E-state index in [-0.39, 0.29) is 6.04 Å². The van der Waals surface area contributed by atoms with Crippen LogP contribution in [0.1, 0.15) is 25.8 Å². The fraction of sp³-hybridized carbons (Fsp3) is 0.538. The highest BCUT2D eigenvalue weighted by molar-refractivity contribution is 6.17. The number of benzene rings is 1. The minimum Gasteiger partial charge on any atom is -0.310 e. The number of halogens is 3.